The van der Waals surface area contributed by atoms with Crippen molar-refractivity contribution in [1.82, 2.24) is 0 Å². The molecule has 1 N–H and O–H groups in total. The van der Waals surface area contributed by atoms with Crippen LogP contribution in [0.15, 0.2) is 48.5 Å². The van der Waals surface area contributed by atoms with Gasteiger partial charge in [-0.25, -0.2) is 0 Å². The monoisotopic (exact) mass is 424 g/mol. The fourth-order valence-corrected chi connectivity index (χ4v) is 3.86. The Bertz CT molecular complexity index is 926. The van der Waals surface area contributed by atoms with Crippen LogP contribution >= 0.6 is 0 Å². The lowest BCUT2D eigenvalue weighted by Gasteiger charge is -2.23. The molecule has 2 aromatic rings. The van der Waals surface area contributed by atoms with Gasteiger partial charge in [-0.15, -0.1) is 0 Å². The predicted molar refractivity (Wildman–Crippen MR) is 116 cm³/mol. The number of carbonyl (C=O) groups excluding carboxylic acids is 2. The largest absolute Gasteiger partial charge is 0.481 e. The molecule has 6 nitrogen and oxygen atoms in total. The molecular weight excluding hydrogens is 396 g/mol. The number of fused-ring (bicyclic) bond motifs is 3. The first-order valence-electron chi connectivity index (χ1n) is 10.4. The van der Waals surface area contributed by atoms with Crippen molar-refractivity contribution in [2.24, 2.45) is 5.92 Å². The van der Waals surface area contributed by atoms with E-state index in [-0.39, 0.29) is 31.8 Å². The predicted octanol–water partition coefficient (Wildman–Crippen LogP) is 4.55. The molecule has 0 radical (unpaired) electrons. The van der Waals surface area contributed by atoms with Crippen molar-refractivity contribution in [3.63, 3.8) is 0 Å². The second kappa shape index (κ2) is 9.33. The van der Waals surface area contributed by atoms with E-state index < -0.39 is 29.4 Å². The molecular formula is C25H28O6. The fraction of sp³-hybridized carbons (Fsp3) is 0.400. The maximum Gasteiger partial charge on any atom is 0.310 e. The topological polar surface area (TPSA) is 89.9 Å². The third-order valence-electron chi connectivity index (χ3n) is 5.23. The third-order valence-corrected chi connectivity index (χ3v) is 5.23. The van der Waals surface area contributed by atoms with Gasteiger partial charge in [0.25, 0.3) is 0 Å². The van der Waals surface area contributed by atoms with E-state index in [1.54, 1.807) is 20.8 Å². The molecule has 0 amide bonds. The molecule has 0 heterocycles. The van der Waals surface area contributed by atoms with Crippen LogP contribution in [0.3, 0.4) is 0 Å². The molecule has 3 rings (SSSR count). The molecule has 0 spiro atoms. The van der Waals surface area contributed by atoms with Crippen molar-refractivity contribution >= 4 is 17.9 Å². The first-order valence-corrected chi connectivity index (χ1v) is 10.4. The van der Waals surface area contributed by atoms with Gasteiger partial charge in [-0.1, -0.05) is 48.5 Å². The van der Waals surface area contributed by atoms with Crippen LogP contribution in [0.1, 0.15) is 57.1 Å². The van der Waals surface area contributed by atoms with E-state index in [4.69, 9.17) is 14.6 Å². The van der Waals surface area contributed by atoms with Gasteiger partial charge in [0.2, 0.25) is 0 Å². The van der Waals surface area contributed by atoms with E-state index in [1.165, 1.54) is 0 Å². The Hall–Kier alpha value is -3.15. The van der Waals surface area contributed by atoms with Crippen molar-refractivity contribution in [1.29, 1.82) is 0 Å². The Morgan fingerprint density at radius 3 is 2.03 bits per heavy atom. The molecule has 0 unspecified atom stereocenters. The van der Waals surface area contributed by atoms with Gasteiger partial charge in [-0.3, -0.25) is 14.4 Å². The van der Waals surface area contributed by atoms with Gasteiger partial charge in [0.15, 0.2) is 0 Å². The highest BCUT2D eigenvalue weighted by Crippen LogP contribution is 2.44. The van der Waals surface area contributed by atoms with Crippen molar-refractivity contribution < 1.29 is 29.0 Å². The summed E-state index contributed by atoms with van der Waals surface area (Å²) in [6.45, 7) is 5.35. The average Bonchev–Trinajstić information content (AvgIpc) is 3.02. The van der Waals surface area contributed by atoms with Gasteiger partial charge in [0, 0.05) is 12.3 Å². The molecule has 6 heteroatoms. The number of hydrogen-bond donors (Lipinski definition) is 1. The SMILES string of the molecule is CC(C)(C)OC(=O)[C@H](CCC(=O)O)CC(=O)OCC1c2ccccc2-c2ccccc21. The molecule has 0 saturated carbocycles. The Morgan fingerprint density at radius 1 is 0.968 bits per heavy atom. The van der Waals surface area contributed by atoms with E-state index in [2.05, 4.69) is 12.1 Å². The Kier molecular flexibility index (Phi) is 6.78. The van der Waals surface area contributed by atoms with Gasteiger partial charge in [0.1, 0.15) is 12.2 Å². The van der Waals surface area contributed by atoms with Crippen LogP contribution in [-0.4, -0.2) is 35.2 Å². The van der Waals surface area contributed by atoms with Crippen molar-refractivity contribution in [3.8, 4) is 11.1 Å². The molecule has 31 heavy (non-hydrogen) atoms. The van der Waals surface area contributed by atoms with Crippen molar-refractivity contribution in [3.05, 3.63) is 59.7 Å². The highest BCUT2D eigenvalue weighted by atomic mass is 16.6. The third kappa shape index (κ3) is 5.72. The normalized spacial score (nSPS) is 13.8. The maximum absolute atomic E-state index is 12.6. The van der Waals surface area contributed by atoms with Crippen LogP contribution in [0.25, 0.3) is 11.1 Å². The van der Waals surface area contributed by atoms with Crippen molar-refractivity contribution in [2.45, 2.75) is 51.6 Å². The van der Waals surface area contributed by atoms with E-state index in [9.17, 15) is 14.4 Å². The van der Waals surface area contributed by atoms with Gasteiger partial charge in [-0.05, 0) is 49.4 Å². The van der Waals surface area contributed by atoms with Gasteiger partial charge in [-0.2, -0.15) is 0 Å². The molecule has 0 saturated heterocycles. The second-order valence-corrected chi connectivity index (χ2v) is 8.78. The summed E-state index contributed by atoms with van der Waals surface area (Å²) in [7, 11) is 0. The summed E-state index contributed by atoms with van der Waals surface area (Å²) in [5.41, 5.74) is 3.75. The molecule has 164 valence electrons. The summed E-state index contributed by atoms with van der Waals surface area (Å²) < 4.78 is 10.9. The first kappa shape index (κ1) is 22.5. The number of carboxylic acid groups (broad SMARTS) is 1. The van der Waals surface area contributed by atoms with E-state index in [0.29, 0.717) is 0 Å². The minimum Gasteiger partial charge on any atom is -0.481 e. The summed E-state index contributed by atoms with van der Waals surface area (Å²) in [4.78, 5) is 36.0. The van der Waals surface area contributed by atoms with Crippen LogP contribution < -0.4 is 0 Å². The molecule has 0 bridgehead atoms. The van der Waals surface area contributed by atoms with Crippen LogP contribution in [0.2, 0.25) is 0 Å². The minimum absolute atomic E-state index is 0.0223. The number of carbonyl (C=O) groups is 3. The van der Waals surface area contributed by atoms with Gasteiger partial charge in [0.05, 0.1) is 12.3 Å². The Balaban J connectivity index is 1.67. The van der Waals surface area contributed by atoms with Crippen LogP contribution in [0.5, 0.6) is 0 Å². The molecule has 0 aliphatic heterocycles. The van der Waals surface area contributed by atoms with Gasteiger partial charge < -0.3 is 14.6 Å². The minimum atomic E-state index is -1.03. The van der Waals surface area contributed by atoms with Crippen LogP contribution in [0.4, 0.5) is 0 Å². The number of aliphatic carboxylic acids is 1. The summed E-state index contributed by atoms with van der Waals surface area (Å²) in [6, 6.07) is 16.1. The quantitative estimate of drug-likeness (QED) is 0.625. The lowest BCUT2D eigenvalue weighted by molar-refractivity contribution is -0.164. The second-order valence-electron chi connectivity index (χ2n) is 8.78. The number of ether oxygens (including phenoxy) is 2. The zero-order valence-electron chi connectivity index (χ0n) is 18.1. The Labute approximate surface area is 182 Å². The number of hydrogen-bond acceptors (Lipinski definition) is 5. The summed E-state index contributed by atoms with van der Waals surface area (Å²) in [5.74, 6) is -3.08. The van der Waals surface area contributed by atoms with Crippen LogP contribution in [0, 0.1) is 5.92 Å². The molecule has 1 aliphatic carbocycles. The molecule has 2 aromatic carbocycles. The highest BCUT2D eigenvalue weighted by Gasteiger charge is 2.31. The molecule has 1 atom stereocenters. The summed E-state index contributed by atoms with van der Waals surface area (Å²) >= 11 is 0. The van der Waals surface area contributed by atoms with E-state index in [1.807, 2.05) is 36.4 Å². The summed E-state index contributed by atoms with van der Waals surface area (Å²) in [5, 5.41) is 8.98. The van der Waals surface area contributed by atoms with E-state index >= 15 is 0 Å². The smallest absolute Gasteiger partial charge is 0.310 e. The zero-order chi connectivity index (χ0) is 22.6. The lowest BCUT2D eigenvalue weighted by Crippen LogP contribution is -2.30. The van der Waals surface area contributed by atoms with E-state index in [0.717, 1.165) is 22.3 Å². The van der Waals surface area contributed by atoms with Crippen molar-refractivity contribution in [2.75, 3.05) is 6.61 Å². The first-order chi connectivity index (χ1) is 14.7. The molecule has 0 fully saturated rings. The van der Waals surface area contributed by atoms with Crippen LogP contribution in [-0.2, 0) is 23.9 Å². The van der Waals surface area contributed by atoms with Gasteiger partial charge >= 0.3 is 17.9 Å². The number of rotatable bonds is 8. The maximum atomic E-state index is 12.6. The average molecular weight is 424 g/mol. The zero-order valence-corrected chi connectivity index (χ0v) is 18.1. The fourth-order valence-electron chi connectivity index (χ4n) is 3.86. The summed E-state index contributed by atoms with van der Waals surface area (Å²) in [6.07, 6.45) is -0.410. The number of benzene rings is 2. The lowest BCUT2D eigenvalue weighted by atomic mass is 9.97. The standard InChI is InChI=1S/C25H28O6/c1-25(2,3)31-24(29)16(12-13-22(26)27)14-23(28)30-15-21-19-10-6-4-8-17(19)18-9-5-7-11-20(18)21/h4-11,16,21H,12-15H2,1-3H3,(H,26,27)/t16-/m1/s1. The Morgan fingerprint density at radius 2 is 1.52 bits per heavy atom. The molecule has 1 aliphatic rings. The molecule has 0 aromatic heterocycles. The number of esters is 2. The number of carboxylic acids is 1. The highest BCUT2D eigenvalue weighted by molar-refractivity contribution is 5.81.